The lowest BCUT2D eigenvalue weighted by molar-refractivity contribution is -0.265. The van der Waals surface area contributed by atoms with E-state index in [1.54, 1.807) is 50.4 Å². The summed E-state index contributed by atoms with van der Waals surface area (Å²) in [6, 6.07) is 3.42. The predicted molar refractivity (Wildman–Crippen MR) is 450 cm³/mol. The molecule has 0 radical (unpaired) electrons. The van der Waals surface area contributed by atoms with Crippen molar-refractivity contribution in [3.63, 3.8) is 0 Å². The Labute approximate surface area is 708 Å². The molecule has 34 nitrogen and oxygen atoms in total. The summed E-state index contributed by atoms with van der Waals surface area (Å²) in [7, 11) is 3.20. The highest BCUT2D eigenvalue weighted by Gasteiger charge is 2.53. The molecule has 668 valence electrons. The number of ether oxygens (including phenoxy) is 9. The molecule has 1 aromatic carbocycles. The van der Waals surface area contributed by atoms with Crippen LogP contribution in [0.4, 0.5) is 11.8 Å². The zero-order valence-electron chi connectivity index (χ0n) is 71.7. The number of Topliss-reactive ketones (excluding diaryl/α,β-unsaturated/α-hetero) is 3. The predicted octanol–water partition coefficient (Wildman–Crippen LogP) is 7.31. The Kier molecular flexibility index (Phi) is 38.9. The summed E-state index contributed by atoms with van der Waals surface area (Å²) in [5.41, 5.74) is 24.2. The number of allylic oxidation sites excluding steroid dienone is 6. The van der Waals surface area contributed by atoms with Gasteiger partial charge in [-0.1, -0.05) is 69.4 Å². The number of nitrogens with two attached hydrogens (primary N) is 3. The largest absolute Gasteiger partial charge is 0.459 e. The highest BCUT2D eigenvalue weighted by Crippen LogP contribution is 2.39. The molecule has 2 bridgehead atoms. The molecule has 15 atom stereocenters. The average molecular weight is 1690 g/mol. The molecule has 7 heterocycles. The number of nitrogens with zero attached hydrogens (tertiary/aromatic N) is 9. The SMILES string of the molecule is CO[C@H]1C[C@@H]2CC[C@@H](C)[C@@](O)(O2)C(=O)C(=O)N2CCCC[C@H]2C(=O)O[C@H]([C@H](N)C[C@@H]2CC[C@@H](OCCCCc3cn(CCOCCOCCOCCOCCNC(=O)CCCCC(=O)NCCCCn4nc(-c5ccc6oc(N)nc6c5)c5c(N)ncnc54)nn3)[C@H](OC)C2)CC(=O)[C@H](C)/C=C(\C)[C@@H](O)[C@@H](O)C(=O)[C@H](C)C[C@H](C)/C=C/C=C/C=C/1C. The maximum absolute atomic E-state index is 14.7. The van der Waals surface area contributed by atoms with Crippen molar-refractivity contribution in [2.75, 3.05) is 105 Å². The van der Waals surface area contributed by atoms with Crippen molar-refractivity contribution >= 4 is 75.0 Å². The van der Waals surface area contributed by atoms with E-state index in [-0.39, 0.29) is 73.3 Å². The first kappa shape index (κ1) is 96.2. The highest BCUT2D eigenvalue weighted by molar-refractivity contribution is 6.39. The quantitative estimate of drug-likeness (QED) is 0.00836. The second kappa shape index (κ2) is 49.0. The Morgan fingerprint density at radius 1 is 0.744 bits per heavy atom. The number of hydrogen-bond donors (Lipinski definition) is 8. The number of aliphatic hydroxyl groups is 3. The van der Waals surface area contributed by atoms with Crippen LogP contribution in [0.15, 0.2) is 82.7 Å². The van der Waals surface area contributed by atoms with Gasteiger partial charge in [-0.05, 0) is 164 Å². The number of carbonyl (C=O) groups is 7. The Balaban J connectivity index is 0.618. The zero-order valence-corrected chi connectivity index (χ0v) is 71.7. The maximum Gasteiger partial charge on any atom is 0.329 e. The van der Waals surface area contributed by atoms with Crippen LogP contribution in [0.5, 0.6) is 0 Å². The van der Waals surface area contributed by atoms with Crippen molar-refractivity contribution < 1.29 is 95.9 Å². The van der Waals surface area contributed by atoms with Gasteiger partial charge in [0.2, 0.25) is 17.6 Å². The maximum atomic E-state index is 14.7. The van der Waals surface area contributed by atoms with Gasteiger partial charge in [-0.3, -0.25) is 28.8 Å². The van der Waals surface area contributed by atoms with E-state index in [1.807, 2.05) is 62.6 Å². The molecule has 121 heavy (non-hydrogen) atoms. The second-order valence-corrected chi connectivity index (χ2v) is 32.7. The number of hydrogen-bond acceptors (Lipinski definition) is 29. The first-order valence-corrected chi connectivity index (χ1v) is 43.1. The van der Waals surface area contributed by atoms with Crippen molar-refractivity contribution in [1.29, 1.82) is 0 Å². The highest BCUT2D eigenvalue weighted by atomic mass is 16.6. The molecule has 2 saturated heterocycles. The van der Waals surface area contributed by atoms with Crippen LogP contribution in [-0.4, -0.2) is 255 Å². The third-order valence-electron chi connectivity index (χ3n) is 23.3. The van der Waals surface area contributed by atoms with Gasteiger partial charge in [0.1, 0.15) is 53.5 Å². The summed E-state index contributed by atoms with van der Waals surface area (Å²) in [5, 5.41) is 54.5. The number of carbonyl (C=O) groups excluding carboxylic acids is 7. The number of benzene rings is 1. The summed E-state index contributed by atoms with van der Waals surface area (Å²) >= 11 is 0. The van der Waals surface area contributed by atoms with E-state index in [2.05, 4.69) is 35.9 Å². The molecule has 3 amide bonds. The molecule has 1 saturated carbocycles. The minimum absolute atomic E-state index is 0.0238. The minimum atomic E-state index is -2.49. The van der Waals surface area contributed by atoms with Crippen LogP contribution < -0.4 is 27.8 Å². The van der Waals surface area contributed by atoms with E-state index >= 15 is 0 Å². The minimum Gasteiger partial charge on any atom is -0.459 e. The molecule has 3 aliphatic heterocycles. The Hall–Kier alpha value is -8.65. The number of ketones is 3. The number of unbranched alkanes of at least 4 members (excludes halogenated alkanes) is 3. The van der Waals surface area contributed by atoms with Crippen molar-refractivity contribution in [3.05, 3.63) is 84.0 Å². The van der Waals surface area contributed by atoms with Gasteiger partial charge in [0.25, 0.3) is 17.7 Å². The van der Waals surface area contributed by atoms with Gasteiger partial charge in [-0.2, -0.15) is 10.1 Å². The van der Waals surface area contributed by atoms with Crippen molar-refractivity contribution in [3.8, 4) is 11.3 Å². The summed E-state index contributed by atoms with van der Waals surface area (Å²) in [5.74, 6) is -8.76. The molecule has 11 N–H and O–H groups in total. The third-order valence-corrected chi connectivity index (χ3v) is 23.3. The fourth-order valence-corrected chi connectivity index (χ4v) is 16.1. The Bertz CT molecular complexity index is 4280. The van der Waals surface area contributed by atoms with Crippen LogP contribution in [-0.2, 0) is 95.7 Å². The molecular weight excluding hydrogens is 1560 g/mol. The van der Waals surface area contributed by atoms with Crippen LogP contribution in [0.1, 0.15) is 176 Å². The van der Waals surface area contributed by atoms with Crippen LogP contribution in [0, 0.1) is 29.6 Å². The number of aryl methyl sites for hydroxylation is 2. The third kappa shape index (κ3) is 29.0. The Morgan fingerprint density at radius 3 is 2.21 bits per heavy atom. The number of esters is 1. The number of nitrogens with one attached hydrogen (secondary N) is 2. The molecule has 1 aliphatic carbocycles. The van der Waals surface area contributed by atoms with E-state index in [9.17, 15) is 48.9 Å². The lowest BCUT2D eigenvalue weighted by Gasteiger charge is -2.42. The molecule has 0 unspecified atom stereocenters. The molecular formula is C87H130N14O20. The fraction of sp³-hybridized carbons (Fsp3) is 0.667. The fourth-order valence-electron chi connectivity index (χ4n) is 16.1. The summed E-state index contributed by atoms with van der Waals surface area (Å²) < 4.78 is 62.4. The van der Waals surface area contributed by atoms with Crippen LogP contribution in [0.2, 0.25) is 0 Å². The number of fused-ring (bicyclic) bond motifs is 5. The summed E-state index contributed by atoms with van der Waals surface area (Å²) in [4.78, 5) is 110. The number of nitrogen functional groups attached to an aromatic ring is 2. The van der Waals surface area contributed by atoms with E-state index in [4.69, 9.17) is 69.3 Å². The van der Waals surface area contributed by atoms with E-state index in [1.165, 1.54) is 19.3 Å². The normalized spacial score (nSPS) is 27.2. The first-order valence-electron chi connectivity index (χ1n) is 43.1. The average Bonchev–Trinajstić information content (AvgIpc) is 1.52. The number of oxazole rings is 1. The van der Waals surface area contributed by atoms with Crippen molar-refractivity contribution in [2.45, 2.75) is 250 Å². The van der Waals surface area contributed by atoms with Gasteiger partial charge in [0, 0.05) is 108 Å². The van der Waals surface area contributed by atoms with E-state index in [0.717, 1.165) is 47.4 Å². The monoisotopic (exact) mass is 1690 g/mol. The summed E-state index contributed by atoms with van der Waals surface area (Å²) in [6.45, 7) is 15.9. The van der Waals surface area contributed by atoms with Gasteiger partial charge in [0.15, 0.2) is 17.0 Å². The number of methoxy groups -OCH3 is 2. The topological polar surface area (TPSA) is 469 Å². The summed E-state index contributed by atoms with van der Waals surface area (Å²) in [6.07, 6.45) is 18.1. The van der Waals surface area contributed by atoms with Crippen LogP contribution in [0.3, 0.4) is 0 Å². The molecule has 3 fully saturated rings. The molecule has 0 spiro atoms. The number of amides is 3. The van der Waals surface area contributed by atoms with Crippen molar-refractivity contribution in [2.24, 2.45) is 35.3 Å². The van der Waals surface area contributed by atoms with E-state index < -0.39 is 95.4 Å². The number of cyclic esters (lactones) is 1. The van der Waals surface area contributed by atoms with Crippen LogP contribution >= 0.6 is 0 Å². The molecule has 34 heteroatoms. The number of aromatic nitrogens is 8. The number of anilines is 2. The lowest BCUT2D eigenvalue weighted by atomic mass is 9.80. The van der Waals surface area contributed by atoms with Gasteiger partial charge in [-0.25, -0.2) is 24.1 Å². The van der Waals surface area contributed by atoms with Crippen LogP contribution in [0.25, 0.3) is 33.4 Å². The molecule has 4 aliphatic rings. The molecule has 4 aromatic heterocycles. The zero-order chi connectivity index (χ0) is 87.0. The standard InChI is InChI=1S/C87H130N14O20/c1-55-20-10-9-11-21-56(2)71(112-7)51-64-29-26-60(6)87(111,121-64)81(108)84(109)100-34-17-14-23-67(100)85(110)119-72(52-68(102)57(3)47-59(5)79(106)80(107)78(105)58(4)46-55)65(88)48-61-27-30-70(73(49-61)113-8)118-37-19-15-22-63-53-99(98-96-63)36-39-115-41-43-117-45-44-116-42-40-114-38-33-92-75(104)25-13-12-24-74(103)91-32-16-18-35-101-83-76(82(89)93-54-94-83)77(97-101)62-28-31-69-66(50-62)95-86(90)120-69/h9-11,20-21,28,31,47,50,53-55,57-58,60-61,64-65,67,70-73,79-80,106-107,111H,12-19,22-27,29-30,32-46,48-49,51-52,88H2,1-8H3,(H2,90,95)(H,91,103)(H,92,104)(H2,89,93,94)/b11-9+,20-10+,56-21+,59-47+/t55-,57-,58-,60-,61+,64+,65-,67+,70-,71+,72+,73-,79-,80+,87-/m1/s1. The number of rotatable bonds is 37. The molecule has 5 aromatic rings. The molecule has 9 rings (SSSR count). The van der Waals surface area contributed by atoms with Crippen molar-refractivity contribution in [1.82, 2.24) is 55.3 Å². The lowest BCUT2D eigenvalue weighted by Crippen LogP contribution is -2.61. The van der Waals surface area contributed by atoms with Gasteiger partial charge < -0.3 is 95.1 Å². The second-order valence-electron chi connectivity index (χ2n) is 32.7. The van der Waals surface area contributed by atoms with Gasteiger partial charge in [0.05, 0.1) is 94.9 Å². The Morgan fingerprint density at radius 2 is 1.47 bits per heavy atom. The van der Waals surface area contributed by atoms with E-state index in [0.29, 0.717) is 209 Å². The first-order chi connectivity index (χ1) is 58.2. The van der Waals surface area contributed by atoms with Gasteiger partial charge >= 0.3 is 5.97 Å². The van der Waals surface area contributed by atoms with Gasteiger partial charge in [-0.15, -0.1) is 5.10 Å². The number of piperidine rings is 1. The number of aliphatic hydroxyl groups excluding tert-OH is 2. The smallest absolute Gasteiger partial charge is 0.329 e.